The standard InChI is InChI=1S/C13H19N5/c1-10-9-11(2)18(17-10)8-4-6-15-13-5-7-14-12(3)16-13/h5,7,9H,4,6,8H2,1-3H3,(H,14,15,16). The molecule has 18 heavy (non-hydrogen) atoms. The van der Waals surface area contributed by atoms with Gasteiger partial charge in [0.15, 0.2) is 0 Å². The van der Waals surface area contributed by atoms with Crippen LogP contribution in [0.15, 0.2) is 18.3 Å². The molecular weight excluding hydrogens is 226 g/mol. The van der Waals surface area contributed by atoms with Crippen LogP contribution >= 0.6 is 0 Å². The van der Waals surface area contributed by atoms with Crippen LogP contribution in [-0.2, 0) is 6.54 Å². The number of hydrogen-bond acceptors (Lipinski definition) is 4. The second-order valence-corrected chi connectivity index (χ2v) is 4.42. The van der Waals surface area contributed by atoms with Gasteiger partial charge in [0.2, 0.25) is 0 Å². The van der Waals surface area contributed by atoms with Crippen LogP contribution < -0.4 is 5.32 Å². The molecule has 0 aliphatic rings. The van der Waals surface area contributed by atoms with Crippen molar-refractivity contribution in [2.24, 2.45) is 0 Å². The first-order valence-electron chi connectivity index (χ1n) is 6.20. The quantitative estimate of drug-likeness (QED) is 0.820. The number of hydrogen-bond donors (Lipinski definition) is 1. The van der Waals surface area contributed by atoms with Gasteiger partial charge in [-0.25, -0.2) is 9.97 Å². The van der Waals surface area contributed by atoms with Crippen LogP contribution in [0.3, 0.4) is 0 Å². The average Bonchev–Trinajstić information content (AvgIpc) is 2.64. The molecule has 0 aromatic carbocycles. The Bertz CT molecular complexity index is 518. The molecule has 2 heterocycles. The minimum atomic E-state index is 0.790. The van der Waals surface area contributed by atoms with E-state index in [2.05, 4.69) is 33.4 Å². The summed E-state index contributed by atoms with van der Waals surface area (Å²) < 4.78 is 2.04. The number of nitrogens with one attached hydrogen (secondary N) is 1. The highest BCUT2D eigenvalue weighted by Crippen LogP contribution is 2.04. The second kappa shape index (κ2) is 5.62. The van der Waals surface area contributed by atoms with E-state index in [-0.39, 0.29) is 0 Å². The maximum Gasteiger partial charge on any atom is 0.129 e. The van der Waals surface area contributed by atoms with Crippen molar-refractivity contribution in [2.75, 3.05) is 11.9 Å². The highest BCUT2D eigenvalue weighted by Gasteiger charge is 2.00. The number of aryl methyl sites for hydroxylation is 4. The second-order valence-electron chi connectivity index (χ2n) is 4.42. The van der Waals surface area contributed by atoms with E-state index in [0.29, 0.717) is 0 Å². The first kappa shape index (κ1) is 12.5. The van der Waals surface area contributed by atoms with Gasteiger partial charge >= 0.3 is 0 Å². The van der Waals surface area contributed by atoms with Crippen LogP contribution in [0, 0.1) is 20.8 Å². The largest absolute Gasteiger partial charge is 0.370 e. The van der Waals surface area contributed by atoms with Crippen molar-refractivity contribution >= 4 is 5.82 Å². The van der Waals surface area contributed by atoms with Crippen molar-refractivity contribution < 1.29 is 0 Å². The smallest absolute Gasteiger partial charge is 0.129 e. The molecule has 2 aromatic rings. The fourth-order valence-corrected chi connectivity index (χ4v) is 1.90. The van der Waals surface area contributed by atoms with Gasteiger partial charge < -0.3 is 5.32 Å². The molecule has 0 spiro atoms. The van der Waals surface area contributed by atoms with E-state index < -0.39 is 0 Å². The van der Waals surface area contributed by atoms with Crippen LogP contribution in [0.5, 0.6) is 0 Å². The SMILES string of the molecule is Cc1cc(C)n(CCCNc2ccnc(C)n2)n1. The summed E-state index contributed by atoms with van der Waals surface area (Å²) in [6.07, 6.45) is 2.79. The molecule has 96 valence electrons. The maximum absolute atomic E-state index is 4.43. The molecule has 0 saturated carbocycles. The van der Waals surface area contributed by atoms with Crippen LogP contribution in [-0.4, -0.2) is 26.3 Å². The van der Waals surface area contributed by atoms with Gasteiger partial charge in [-0.05, 0) is 39.3 Å². The third kappa shape index (κ3) is 3.29. The monoisotopic (exact) mass is 245 g/mol. The zero-order chi connectivity index (χ0) is 13.0. The van der Waals surface area contributed by atoms with E-state index in [4.69, 9.17) is 0 Å². The lowest BCUT2D eigenvalue weighted by atomic mass is 10.4. The normalized spacial score (nSPS) is 10.6. The van der Waals surface area contributed by atoms with E-state index >= 15 is 0 Å². The molecule has 0 saturated heterocycles. The van der Waals surface area contributed by atoms with Crippen molar-refractivity contribution in [2.45, 2.75) is 33.7 Å². The molecule has 0 unspecified atom stereocenters. The number of nitrogens with zero attached hydrogens (tertiary/aromatic N) is 4. The molecule has 0 amide bonds. The van der Waals surface area contributed by atoms with Gasteiger partial charge in [-0.1, -0.05) is 0 Å². The molecule has 5 nitrogen and oxygen atoms in total. The van der Waals surface area contributed by atoms with E-state index in [1.54, 1.807) is 6.20 Å². The van der Waals surface area contributed by atoms with Crippen molar-refractivity contribution in [3.8, 4) is 0 Å². The average molecular weight is 245 g/mol. The number of rotatable bonds is 5. The Labute approximate surface area is 107 Å². The topological polar surface area (TPSA) is 55.6 Å². The van der Waals surface area contributed by atoms with Crippen molar-refractivity contribution in [1.82, 2.24) is 19.7 Å². The van der Waals surface area contributed by atoms with E-state index in [1.807, 2.05) is 24.6 Å². The highest BCUT2D eigenvalue weighted by molar-refractivity contribution is 5.32. The Morgan fingerprint density at radius 2 is 2.11 bits per heavy atom. The lowest BCUT2D eigenvalue weighted by Crippen LogP contribution is -2.10. The minimum Gasteiger partial charge on any atom is -0.370 e. The Morgan fingerprint density at radius 1 is 1.28 bits per heavy atom. The molecule has 0 radical (unpaired) electrons. The highest BCUT2D eigenvalue weighted by atomic mass is 15.3. The van der Waals surface area contributed by atoms with Crippen LogP contribution in [0.1, 0.15) is 23.6 Å². The predicted molar refractivity (Wildman–Crippen MR) is 71.6 cm³/mol. The third-order valence-corrected chi connectivity index (χ3v) is 2.73. The molecule has 0 atom stereocenters. The molecule has 0 bridgehead atoms. The van der Waals surface area contributed by atoms with Crippen LogP contribution in [0.4, 0.5) is 5.82 Å². The van der Waals surface area contributed by atoms with E-state index in [1.165, 1.54) is 5.69 Å². The van der Waals surface area contributed by atoms with Crippen LogP contribution in [0.2, 0.25) is 0 Å². The summed E-state index contributed by atoms with van der Waals surface area (Å²) in [5, 5.41) is 7.72. The van der Waals surface area contributed by atoms with Crippen LogP contribution in [0.25, 0.3) is 0 Å². The summed E-state index contributed by atoms with van der Waals surface area (Å²) >= 11 is 0. The molecule has 0 aliphatic heterocycles. The zero-order valence-electron chi connectivity index (χ0n) is 11.1. The fraction of sp³-hybridized carbons (Fsp3) is 0.462. The molecule has 2 rings (SSSR count). The van der Waals surface area contributed by atoms with E-state index in [0.717, 1.165) is 36.8 Å². The number of anilines is 1. The van der Waals surface area contributed by atoms with E-state index in [9.17, 15) is 0 Å². The first-order chi connectivity index (χ1) is 8.65. The first-order valence-corrected chi connectivity index (χ1v) is 6.20. The summed E-state index contributed by atoms with van der Waals surface area (Å²) in [6, 6.07) is 3.98. The van der Waals surface area contributed by atoms with Gasteiger partial charge in [-0.2, -0.15) is 5.10 Å². The van der Waals surface area contributed by atoms with Gasteiger partial charge in [0.05, 0.1) is 5.69 Å². The predicted octanol–water partition coefficient (Wildman–Crippen LogP) is 2.10. The van der Waals surface area contributed by atoms with Gasteiger partial charge in [0, 0.05) is 25.0 Å². The third-order valence-electron chi connectivity index (χ3n) is 2.73. The number of aromatic nitrogens is 4. The lowest BCUT2D eigenvalue weighted by Gasteiger charge is -2.07. The van der Waals surface area contributed by atoms with Gasteiger partial charge in [0.1, 0.15) is 11.6 Å². The Hall–Kier alpha value is -1.91. The Balaban J connectivity index is 1.78. The van der Waals surface area contributed by atoms with Gasteiger partial charge in [-0.3, -0.25) is 4.68 Å². The van der Waals surface area contributed by atoms with Crippen molar-refractivity contribution in [3.05, 3.63) is 35.5 Å². The minimum absolute atomic E-state index is 0.790. The fourth-order valence-electron chi connectivity index (χ4n) is 1.90. The maximum atomic E-state index is 4.43. The van der Waals surface area contributed by atoms with Gasteiger partial charge in [0.25, 0.3) is 0 Å². The Kier molecular flexibility index (Phi) is 3.92. The summed E-state index contributed by atoms with van der Waals surface area (Å²) in [5.74, 6) is 1.68. The summed E-state index contributed by atoms with van der Waals surface area (Å²) in [6.45, 7) is 7.80. The van der Waals surface area contributed by atoms with Gasteiger partial charge in [-0.15, -0.1) is 0 Å². The molecule has 5 heteroatoms. The molecule has 2 aromatic heterocycles. The van der Waals surface area contributed by atoms with Crippen molar-refractivity contribution in [1.29, 1.82) is 0 Å². The molecule has 0 aliphatic carbocycles. The molecule has 1 N–H and O–H groups in total. The molecule has 0 fully saturated rings. The summed E-state index contributed by atoms with van der Waals surface area (Å²) in [5.41, 5.74) is 2.29. The summed E-state index contributed by atoms with van der Waals surface area (Å²) in [4.78, 5) is 8.36. The zero-order valence-corrected chi connectivity index (χ0v) is 11.1. The van der Waals surface area contributed by atoms with Crippen molar-refractivity contribution in [3.63, 3.8) is 0 Å². The lowest BCUT2D eigenvalue weighted by molar-refractivity contribution is 0.573. The Morgan fingerprint density at radius 3 is 2.78 bits per heavy atom. The molecular formula is C13H19N5. The summed E-state index contributed by atoms with van der Waals surface area (Å²) in [7, 11) is 0.